The lowest BCUT2D eigenvalue weighted by Gasteiger charge is -2.23. The lowest BCUT2D eigenvalue weighted by molar-refractivity contribution is -0.119. The molecule has 1 aliphatic rings. The molecule has 2 unspecified atom stereocenters. The molecule has 1 saturated heterocycles. The first-order chi connectivity index (χ1) is 10.0. The van der Waals surface area contributed by atoms with Crippen molar-refractivity contribution in [2.24, 2.45) is 0 Å². The minimum Gasteiger partial charge on any atom is -0.497 e. The predicted octanol–water partition coefficient (Wildman–Crippen LogP) is 1.48. The number of nitrogens with one attached hydrogen (secondary N) is 1. The highest BCUT2D eigenvalue weighted by Gasteiger charge is 2.30. The number of hydrogen-bond donors (Lipinski definition) is 1. The van der Waals surface area contributed by atoms with E-state index in [0.29, 0.717) is 5.56 Å². The highest BCUT2D eigenvalue weighted by Crippen LogP contribution is 2.18. The fraction of sp³-hybridized carbons (Fsp3) is 0.500. The third-order valence-electron chi connectivity index (χ3n) is 3.93. The average Bonchev–Trinajstić information content (AvgIpc) is 2.93. The van der Waals surface area contributed by atoms with Crippen LogP contribution >= 0.6 is 0 Å². The van der Waals surface area contributed by atoms with Crippen molar-refractivity contribution >= 4 is 11.7 Å². The second kappa shape index (κ2) is 6.72. The van der Waals surface area contributed by atoms with Gasteiger partial charge in [0.15, 0.2) is 5.78 Å². The molecule has 1 fully saturated rings. The molecule has 0 radical (unpaired) electrons. The molecular formula is C16H22N2O3. The summed E-state index contributed by atoms with van der Waals surface area (Å²) in [4.78, 5) is 25.7. The summed E-state index contributed by atoms with van der Waals surface area (Å²) in [6.45, 7) is 4.99. The van der Waals surface area contributed by atoms with E-state index in [2.05, 4.69) is 10.2 Å². The molecular weight excluding hydrogens is 268 g/mol. The molecule has 0 bridgehead atoms. The quantitative estimate of drug-likeness (QED) is 0.835. The van der Waals surface area contributed by atoms with Crippen molar-refractivity contribution in [2.75, 3.05) is 20.2 Å². The van der Waals surface area contributed by atoms with Crippen LogP contribution in [0.3, 0.4) is 0 Å². The van der Waals surface area contributed by atoms with Gasteiger partial charge in [-0.05, 0) is 37.6 Å². The maximum Gasteiger partial charge on any atom is 0.217 e. The zero-order valence-electron chi connectivity index (χ0n) is 12.8. The summed E-state index contributed by atoms with van der Waals surface area (Å²) in [5.41, 5.74) is 0.686. The molecule has 1 aromatic carbocycles. The van der Waals surface area contributed by atoms with Gasteiger partial charge in [-0.1, -0.05) is 0 Å². The summed E-state index contributed by atoms with van der Waals surface area (Å²) in [7, 11) is 1.60. The Bertz CT molecular complexity index is 513. The molecule has 0 aliphatic carbocycles. The third-order valence-corrected chi connectivity index (χ3v) is 3.93. The Labute approximate surface area is 125 Å². The van der Waals surface area contributed by atoms with Gasteiger partial charge in [-0.3, -0.25) is 14.5 Å². The molecule has 0 spiro atoms. The number of amides is 1. The molecule has 1 amide bonds. The second-order valence-corrected chi connectivity index (χ2v) is 5.45. The topological polar surface area (TPSA) is 58.6 Å². The number of carbonyl (C=O) groups excluding carboxylic acids is 2. The number of ether oxygens (including phenoxy) is 1. The number of carbonyl (C=O) groups is 2. The number of hydrogen-bond acceptors (Lipinski definition) is 4. The van der Waals surface area contributed by atoms with Crippen molar-refractivity contribution in [1.29, 1.82) is 0 Å². The zero-order valence-corrected chi connectivity index (χ0v) is 12.8. The molecule has 1 N–H and O–H groups in total. The summed E-state index contributed by atoms with van der Waals surface area (Å²) in [5.74, 6) is 0.822. The van der Waals surface area contributed by atoms with Gasteiger partial charge in [-0.15, -0.1) is 0 Å². The van der Waals surface area contributed by atoms with E-state index in [9.17, 15) is 9.59 Å². The van der Waals surface area contributed by atoms with Crippen LogP contribution in [0.4, 0.5) is 0 Å². The number of nitrogens with zero attached hydrogens (tertiary/aromatic N) is 1. The molecule has 21 heavy (non-hydrogen) atoms. The lowest BCUT2D eigenvalue weighted by Crippen LogP contribution is -2.41. The molecule has 114 valence electrons. The molecule has 2 atom stereocenters. The molecule has 1 heterocycles. The summed E-state index contributed by atoms with van der Waals surface area (Å²) < 4.78 is 5.10. The fourth-order valence-corrected chi connectivity index (χ4v) is 2.71. The van der Waals surface area contributed by atoms with Crippen molar-refractivity contribution in [3.05, 3.63) is 29.8 Å². The third kappa shape index (κ3) is 3.82. The van der Waals surface area contributed by atoms with E-state index in [1.165, 1.54) is 6.92 Å². The maximum atomic E-state index is 12.5. The van der Waals surface area contributed by atoms with E-state index in [1.807, 2.05) is 6.92 Å². The summed E-state index contributed by atoms with van der Waals surface area (Å²) in [5, 5.41) is 2.91. The molecule has 0 aromatic heterocycles. The van der Waals surface area contributed by atoms with Gasteiger partial charge >= 0.3 is 0 Å². The van der Waals surface area contributed by atoms with Crippen LogP contribution in [0.15, 0.2) is 24.3 Å². The molecule has 0 saturated carbocycles. The van der Waals surface area contributed by atoms with E-state index < -0.39 is 0 Å². The highest BCUT2D eigenvalue weighted by molar-refractivity contribution is 6.00. The van der Waals surface area contributed by atoms with E-state index in [-0.39, 0.29) is 23.8 Å². The smallest absolute Gasteiger partial charge is 0.217 e. The predicted molar refractivity (Wildman–Crippen MR) is 80.6 cm³/mol. The Balaban J connectivity index is 1.97. The van der Waals surface area contributed by atoms with Crippen molar-refractivity contribution in [1.82, 2.24) is 10.2 Å². The average molecular weight is 290 g/mol. The van der Waals surface area contributed by atoms with Gasteiger partial charge in [0.2, 0.25) is 5.91 Å². The van der Waals surface area contributed by atoms with Gasteiger partial charge in [0.1, 0.15) is 5.75 Å². The van der Waals surface area contributed by atoms with E-state index in [4.69, 9.17) is 4.74 Å². The Morgan fingerprint density at radius 3 is 2.57 bits per heavy atom. The van der Waals surface area contributed by atoms with Crippen LogP contribution in [0.1, 0.15) is 30.6 Å². The first kappa shape index (κ1) is 15.5. The monoisotopic (exact) mass is 290 g/mol. The number of Topliss-reactive ketones (excluding diaryl/α,β-unsaturated/α-hetero) is 1. The van der Waals surface area contributed by atoms with E-state index >= 15 is 0 Å². The van der Waals surface area contributed by atoms with Crippen LogP contribution in [0.5, 0.6) is 5.75 Å². The van der Waals surface area contributed by atoms with Crippen LogP contribution in [0.2, 0.25) is 0 Å². The SMILES string of the molecule is COc1ccc(C(=O)C(C)N2CCC(NC(C)=O)C2)cc1. The Kier molecular flexibility index (Phi) is 4.96. The Morgan fingerprint density at radius 1 is 1.33 bits per heavy atom. The van der Waals surface area contributed by atoms with Crippen LogP contribution in [0, 0.1) is 0 Å². The number of likely N-dealkylation sites (tertiary alicyclic amines) is 1. The van der Waals surface area contributed by atoms with Crippen molar-refractivity contribution in [2.45, 2.75) is 32.4 Å². The van der Waals surface area contributed by atoms with Gasteiger partial charge in [0.05, 0.1) is 13.2 Å². The van der Waals surface area contributed by atoms with Gasteiger partial charge in [0.25, 0.3) is 0 Å². The molecule has 5 heteroatoms. The van der Waals surface area contributed by atoms with Gasteiger partial charge in [-0.25, -0.2) is 0 Å². The normalized spacial score (nSPS) is 20.0. The first-order valence-corrected chi connectivity index (χ1v) is 7.20. The summed E-state index contributed by atoms with van der Waals surface area (Å²) in [6, 6.07) is 7.14. The van der Waals surface area contributed by atoms with Gasteiger partial charge in [-0.2, -0.15) is 0 Å². The van der Waals surface area contributed by atoms with Gasteiger partial charge < -0.3 is 10.1 Å². The minimum absolute atomic E-state index is 0.0176. The standard InChI is InChI=1S/C16H22N2O3/c1-11(18-9-8-14(10-18)17-12(2)19)16(20)13-4-6-15(21-3)7-5-13/h4-7,11,14H,8-10H2,1-3H3,(H,17,19). The Morgan fingerprint density at radius 2 is 2.00 bits per heavy atom. The van der Waals surface area contributed by atoms with Crippen LogP contribution in [-0.4, -0.2) is 48.9 Å². The highest BCUT2D eigenvalue weighted by atomic mass is 16.5. The van der Waals surface area contributed by atoms with E-state index in [1.54, 1.807) is 31.4 Å². The minimum atomic E-state index is -0.183. The van der Waals surface area contributed by atoms with E-state index in [0.717, 1.165) is 25.3 Å². The van der Waals surface area contributed by atoms with Crippen LogP contribution in [0.25, 0.3) is 0 Å². The fourth-order valence-electron chi connectivity index (χ4n) is 2.71. The summed E-state index contributed by atoms with van der Waals surface area (Å²) in [6.07, 6.45) is 0.889. The summed E-state index contributed by atoms with van der Waals surface area (Å²) >= 11 is 0. The first-order valence-electron chi connectivity index (χ1n) is 7.20. The van der Waals surface area contributed by atoms with Gasteiger partial charge in [0, 0.05) is 31.6 Å². The van der Waals surface area contributed by atoms with Crippen LogP contribution < -0.4 is 10.1 Å². The van der Waals surface area contributed by atoms with Crippen molar-refractivity contribution in [3.8, 4) is 5.75 Å². The molecule has 1 aliphatic heterocycles. The number of ketones is 1. The molecule has 5 nitrogen and oxygen atoms in total. The molecule has 2 rings (SSSR count). The number of benzene rings is 1. The lowest BCUT2D eigenvalue weighted by atomic mass is 10.0. The second-order valence-electron chi connectivity index (χ2n) is 5.45. The van der Waals surface area contributed by atoms with Crippen LogP contribution in [-0.2, 0) is 4.79 Å². The zero-order chi connectivity index (χ0) is 15.4. The number of methoxy groups -OCH3 is 1. The maximum absolute atomic E-state index is 12.5. The van der Waals surface area contributed by atoms with Crippen molar-refractivity contribution in [3.63, 3.8) is 0 Å². The molecule has 1 aromatic rings. The largest absolute Gasteiger partial charge is 0.497 e. The number of rotatable bonds is 5. The Hall–Kier alpha value is -1.88. The van der Waals surface area contributed by atoms with Crippen molar-refractivity contribution < 1.29 is 14.3 Å².